The number of nitrogens with two attached hydrogens (primary N) is 1. The van der Waals surface area contributed by atoms with Crippen LogP contribution in [0.15, 0.2) is 4.52 Å². The maximum atomic E-state index is 11.9. The van der Waals surface area contributed by atoms with Crippen LogP contribution in [0, 0.1) is 0 Å². The molecule has 0 aliphatic heterocycles. The van der Waals surface area contributed by atoms with Gasteiger partial charge >= 0.3 is 12.1 Å². The highest BCUT2D eigenvalue weighted by atomic mass is 19.4. The number of carbonyl (C=O) groups is 1. The molecule has 0 atom stereocenters. The van der Waals surface area contributed by atoms with Gasteiger partial charge in [-0.15, -0.1) is 0 Å². The number of hydrogen-bond acceptors (Lipinski definition) is 6. The minimum atomic E-state index is -4.44. The molecule has 0 bridgehead atoms. The SMILES string of the molecule is COC(=O)c1c(NCC(F)(F)F)noc1N. The average molecular weight is 239 g/mol. The van der Waals surface area contributed by atoms with Crippen molar-refractivity contribution < 1.29 is 27.2 Å². The van der Waals surface area contributed by atoms with Crippen molar-refractivity contribution >= 4 is 17.7 Å². The molecule has 0 fully saturated rings. The highest BCUT2D eigenvalue weighted by Crippen LogP contribution is 2.23. The molecule has 1 heterocycles. The van der Waals surface area contributed by atoms with Crippen LogP contribution in [0.4, 0.5) is 24.9 Å². The van der Waals surface area contributed by atoms with Crippen LogP contribution >= 0.6 is 0 Å². The molecule has 1 aromatic heterocycles. The average Bonchev–Trinajstić information content (AvgIpc) is 2.54. The van der Waals surface area contributed by atoms with Gasteiger partial charge < -0.3 is 20.3 Å². The van der Waals surface area contributed by atoms with Crippen molar-refractivity contribution in [2.45, 2.75) is 6.18 Å². The first-order valence-electron chi connectivity index (χ1n) is 3.99. The molecule has 9 heteroatoms. The number of aromatic nitrogens is 1. The number of methoxy groups -OCH3 is 1. The van der Waals surface area contributed by atoms with Crippen molar-refractivity contribution in [3.8, 4) is 0 Å². The second-order valence-electron chi connectivity index (χ2n) is 2.73. The molecular weight excluding hydrogens is 231 g/mol. The number of anilines is 2. The highest BCUT2D eigenvalue weighted by molar-refractivity contribution is 5.98. The minimum absolute atomic E-state index is 0.355. The number of nitrogen functional groups attached to an aromatic ring is 1. The molecule has 1 rings (SSSR count). The van der Waals surface area contributed by atoms with Crippen molar-refractivity contribution in [1.82, 2.24) is 5.16 Å². The fourth-order valence-electron chi connectivity index (χ4n) is 0.907. The summed E-state index contributed by atoms with van der Waals surface area (Å²) in [6.45, 7) is -1.36. The van der Waals surface area contributed by atoms with Gasteiger partial charge in [-0.3, -0.25) is 0 Å². The third kappa shape index (κ3) is 2.78. The number of hydrogen-bond donors (Lipinski definition) is 2. The Kier molecular flexibility index (Phi) is 3.25. The van der Waals surface area contributed by atoms with E-state index in [9.17, 15) is 18.0 Å². The van der Waals surface area contributed by atoms with Crippen molar-refractivity contribution in [2.24, 2.45) is 0 Å². The summed E-state index contributed by atoms with van der Waals surface area (Å²) in [5.74, 6) is -1.73. The summed E-state index contributed by atoms with van der Waals surface area (Å²) in [7, 11) is 1.06. The van der Waals surface area contributed by atoms with Crippen molar-refractivity contribution in [1.29, 1.82) is 0 Å². The van der Waals surface area contributed by atoms with Crippen LogP contribution in [0.3, 0.4) is 0 Å². The molecule has 1 aromatic rings. The molecule has 0 aromatic carbocycles. The summed E-state index contributed by atoms with van der Waals surface area (Å²) < 4.78 is 44.4. The standard InChI is InChI=1S/C7H8F3N3O3/c1-15-6(14)3-4(11)16-13-5(3)12-2-7(8,9)10/h2,11H2,1H3,(H,12,13). The molecule has 0 aliphatic rings. The first kappa shape index (κ1) is 12.1. The number of halogens is 3. The molecule has 3 N–H and O–H groups in total. The quantitative estimate of drug-likeness (QED) is 0.765. The molecule has 0 radical (unpaired) electrons. The molecule has 0 unspecified atom stereocenters. The molecule has 0 spiro atoms. The first-order valence-corrected chi connectivity index (χ1v) is 3.99. The van der Waals surface area contributed by atoms with Gasteiger partial charge in [0.1, 0.15) is 6.54 Å². The van der Waals surface area contributed by atoms with Crippen LogP contribution < -0.4 is 11.1 Å². The Bertz CT molecular complexity index is 388. The molecule has 90 valence electrons. The molecule has 6 nitrogen and oxygen atoms in total. The van der Waals surface area contributed by atoms with E-state index in [1.165, 1.54) is 0 Å². The largest absolute Gasteiger partial charge is 0.465 e. The van der Waals surface area contributed by atoms with Gasteiger partial charge in [-0.05, 0) is 0 Å². The Morgan fingerprint density at radius 1 is 1.62 bits per heavy atom. The Labute approximate surface area is 87.5 Å². The molecular formula is C7H8F3N3O3. The minimum Gasteiger partial charge on any atom is -0.465 e. The Morgan fingerprint density at radius 2 is 2.25 bits per heavy atom. The number of alkyl halides is 3. The zero-order chi connectivity index (χ0) is 12.3. The topological polar surface area (TPSA) is 90.4 Å². The van der Waals surface area contributed by atoms with Crippen LogP contribution in [0.1, 0.15) is 10.4 Å². The van der Waals surface area contributed by atoms with Crippen LogP contribution in [-0.2, 0) is 4.74 Å². The lowest BCUT2D eigenvalue weighted by atomic mass is 10.3. The molecule has 0 saturated carbocycles. The van der Waals surface area contributed by atoms with E-state index in [2.05, 4.69) is 14.4 Å². The third-order valence-corrected chi connectivity index (χ3v) is 1.56. The summed E-state index contributed by atoms with van der Waals surface area (Å²) in [4.78, 5) is 11.1. The second-order valence-corrected chi connectivity index (χ2v) is 2.73. The van der Waals surface area contributed by atoms with E-state index in [1.54, 1.807) is 0 Å². The number of nitrogens with one attached hydrogen (secondary N) is 1. The van der Waals surface area contributed by atoms with E-state index in [0.29, 0.717) is 0 Å². The molecule has 0 amide bonds. The third-order valence-electron chi connectivity index (χ3n) is 1.56. The van der Waals surface area contributed by atoms with E-state index in [-0.39, 0.29) is 5.56 Å². The maximum absolute atomic E-state index is 11.9. The number of carbonyl (C=O) groups excluding carboxylic acids is 1. The zero-order valence-electron chi connectivity index (χ0n) is 8.09. The number of esters is 1. The van der Waals surface area contributed by atoms with Gasteiger partial charge in [0.25, 0.3) is 0 Å². The van der Waals surface area contributed by atoms with Crippen molar-refractivity contribution in [3.63, 3.8) is 0 Å². The number of nitrogens with zero attached hydrogens (tertiary/aromatic N) is 1. The van der Waals surface area contributed by atoms with Gasteiger partial charge in [-0.25, -0.2) is 4.79 Å². The van der Waals surface area contributed by atoms with Crippen molar-refractivity contribution in [3.05, 3.63) is 5.56 Å². The lowest BCUT2D eigenvalue weighted by molar-refractivity contribution is -0.115. The smallest absolute Gasteiger partial charge is 0.405 e. The van der Waals surface area contributed by atoms with Crippen LogP contribution in [0.2, 0.25) is 0 Å². The van der Waals surface area contributed by atoms with E-state index in [4.69, 9.17) is 5.73 Å². The maximum Gasteiger partial charge on any atom is 0.405 e. The van der Waals surface area contributed by atoms with Gasteiger partial charge in [-0.2, -0.15) is 13.2 Å². The summed E-state index contributed by atoms with van der Waals surface area (Å²) >= 11 is 0. The highest BCUT2D eigenvalue weighted by Gasteiger charge is 2.29. The summed E-state index contributed by atoms with van der Waals surface area (Å²) in [5.41, 5.74) is 4.85. The van der Waals surface area contributed by atoms with Crippen LogP contribution in [0.25, 0.3) is 0 Å². The summed E-state index contributed by atoms with van der Waals surface area (Å²) in [6.07, 6.45) is -4.44. The molecule has 16 heavy (non-hydrogen) atoms. The summed E-state index contributed by atoms with van der Waals surface area (Å²) in [6, 6.07) is 0. The Morgan fingerprint density at radius 3 is 2.75 bits per heavy atom. The van der Waals surface area contributed by atoms with Gasteiger partial charge in [-0.1, -0.05) is 5.16 Å². The second kappa shape index (κ2) is 4.29. The van der Waals surface area contributed by atoms with Gasteiger partial charge in [0.05, 0.1) is 7.11 Å². The van der Waals surface area contributed by atoms with E-state index < -0.39 is 30.4 Å². The fraction of sp³-hybridized carbons (Fsp3) is 0.429. The lowest BCUT2D eigenvalue weighted by Gasteiger charge is -2.07. The predicted octanol–water partition coefficient (Wildman–Crippen LogP) is 1.02. The van der Waals surface area contributed by atoms with Gasteiger partial charge in [0, 0.05) is 0 Å². The normalized spacial score (nSPS) is 11.2. The van der Waals surface area contributed by atoms with Crippen LogP contribution in [0.5, 0.6) is 0 Å². The number of rotatable bonds is 3. The van der Waals surface area contributed by atoms with Crippen LogP contribution in [-0.4, -0.2) is 31.0 Å². The Hall–Kier alpha value is -1.93. The van der Waals surface area contributed by atoms with E-state index in [1.807, 2.05) is 5.32 Å². The first-order chi connectivity index (χ1) is 7.35. The van der Waals surface area contributed by atoms with E-state index in [0.717, 1.165) is 7.11 Å². The zero-order valence-corrected chi connectivity index (χ0v) is 8.09. The van der Waals surface area contributed by atoms with E-state index >= 15 is 0 Å². The Balaban J connectivity index is 2.85. The monoisotopic (exact) mass is 239 g/mol. The number of ether oxygens (including phenoxy) is 1. The molecule has 0 aliphatic carbocycles. The lowest BCUT2D eigenvalue weighted by Crippen LogP contribution is -2.22. The summed E-state index contributed by atoms with van der Waals surface area (Å²) in [5, 5.41) is 5.05. The van der Waals surface area contributed by atoms with Gasteiger partial charge in [0.2, 0.25) is 5.88 Å². The van der Waals surface area contributed by atoms with Crippen molar-refractivity contribution in [2.75, 3.05) is 24.7 Å². The predicted molar refractivity (Wildman–Crippen MR) is 46.8 cm³/mol. The van der Waals surface area contributed by atoms with Gasteiger partial charge in [0.15, 0.2) is 11.4 Å². The molecule has 0 saturated heterocycles. The fourth-order valence-corrected chi connectivity index (χ4v) is 0.907.